The van der Waals surface area contributed by atoms with Gasteiger partial charge in [-0.25, -0.2) is 0 Å². The molecule has 2 N–H and O–H groups in total. The van der Waals surface area contributed by atoms with Crippen LogP contribution >= 0.6 is 0 Å². The Kier molecular flexibility index (Phi) is 5.39. The summed E-state index contributed by atoms with van der Waals surface area (Å²) in [7, 11) is 3.72. The van der Waals surface area contributed by atoms with Gasteiger partial charge in [-0.05, 0) is 49.4 Å². The third-order valence-corrected chi connectivity index (χ3v) is 3.92. The standard InChI is InChI=1S/C17H25N3O/c1-4-15-11-16(20(2)19-15)10-13(12-18)9-14-7-5-6-8-17(14)21-3/h5-8,11,13H,4,9-10,12,18H2,1-3H3. The number of para-hydroxylation sites is 1. The lowest BCUT2D eigenvalue weighted by Gasteiger charge is -2.16. The first-order chi connectivity index (χ1) is 10.2. The fourth-order valence-corrected chi connectivity index (χ4v) is 2.65. The monoisotopic (exact) mass is 287 g/mol. The minimum absolute atomic E-state index is 0.390. The van der Waals surface area contributed by atoms with Crippen molar-refractivity contribution >= 4 is 0 Å². The predicted octanol–water partition coefficient (Wildman–Crippen LogP) is 2.35. The Morgan fingerprint density at radius 3 is 2.67 bits per heavy atom. The average molecular weight is 287 g/mol. The third kappa shape index (κ3) is 3.85. The Balaban J connectivity index is 2.11. The van der Waals surface area contributed by atoms with E-state index in [0.717, 1.165) is 30.7 Å². The van der Waals surface area contributed by atoms with E-state index in [4.69, 9.17) is 10.5 Å². The van der Waals surface area contributed by atoms with E-state index in [1.165, 1.54) is 11.3 Å². The molecule has 2 rings (SSSR count). The second kappa shape index (κ2) is 7.27. The van der Waals surface area contributed by atoms with Gasteiger partial charge in [-0.1, -0.05) is 25.1 Å². The summed E-state index contributed by atoms with van der Waals surface area (Å²) in [5, 5.41) is 4.51. The smallest absolute Gasteiger partial charge is 0.122 e. The van der Waals surface area contributed by atoms with Crippen molar-refractivity contribution in [2.24, 2.45) is 18.7 Å². The van der Waals surface area contributed by atoms with Crippen LogP contribution in [0.4, 0.5) is 0 Å². The molecule has 0 saturated heterocycles. The zero-order chi connectivity index (χ0) is 15.2. The molecule has 0 aliphatic carbocycles. The maximum atomic E-state index is 5.98. The molecule has 4 nitrogen and oxygen atoms in total. The van der Waals surface area contributed by atoms with Gasteiger partial charge in [0.1, 0.15) is 5.75 Å². The summed E-state index contributed by atoms with van der Waals surface area (Å²) in [6.45, 7) is 2.78. The number of rotatable bonds is 7. The summed E-state index contributed by atoms with van der Waals surface area (Å²) in [6.07, 6.45) is 2.83. The molecule has 0 amide bonds. The second-order valence-corrected chi connectivity index (χ2v) is 5.43. The molecule has 0 radical (unpaired) electrons. The van der Waals surface area contributed by atoms with Gasteiger partial charge in [-0.2, -0.15) is 5.10 Å². The van der Waals surface area contributed by atoms with Crippen molar-refractivity contribution in [3.05, 3.63) is 47.3 Å². The highest BCUT2D eigenvalue weighted by Crippen LogP contribution is 2.22. The van der Waals surface area contributed by atoms with Gasteiger partial charge in [0.25, 0.3) is 0 Å². The minimum atomic E-state index is 0.390. The number of aryl methyl sites for hydroxylation is 2. The van der Waals surface area contributed by atoms with Gasteiger partial charge in [0.2, 0.25) is 0 Å². The molecule has 1 aromatic heterocycles. The highest BCUT2D eigenvalue weighted by atomic mass is 16.5. The lowest BCUT2D eigenvalue weighted by Crippen LogP contribution is -2.21. The van der Waals surface area contributed by atoms with E-state index >= 15 is 0 Å². The Bertz CT molecular complexity index is 577. The molecule has 1 unspecified atom stereocenters. The van der Waals surface area contributed by atoms with E-state index in [1.54, 1.807) is 7.11 Å². The highest BCUT2D eigenvalue weighted by molar-refractivity contribution is 5.33. The summed E-state index contributed by atoms with van der Waals surface area (Å²) in [4.78, 5) is 0. The van der Waals surface area contributed by atoms with Crippen LogP contribution in [-0.4, -0.2) is 23.4 Å². The van der Waals surface area contributed by atoms with Crippen molar-refractivity contribution < 1.29 is 4.74 Å². The Morgan fingerprint density at radius 2 is 2.05 bits per heavy atom. The quantitative estimate of drug-likeness (QED) is 0.850. The summed E-state index contributed by atoms with van der Waals surface area (Å²) in [5.74, 6) is 1.33. The van der Waals surface area contributed by atoms with E-state index in [2.05, 4.69) is 24.2 Å². The fourth-order valence-electron chi connectivity index (χ4n) is 2.65. The summed E-state index contributed by atoms with van der Waals surface area (Å²) >= 11 is 0. The van der Waals surface area contributed by atoms with Gasteiger partial charge in [0.05, 0.1) is 12.8 Å². The third-order valence-electron chi connectivity index (χ3n) is 3.92. The Hall–Kier alpha value is -1.81. The van der Waals surface area contributed by atoms with Crippen LogP contribution in [0, 0.1) is 5.92 Å². The van der Waals surface area contributed by atoms with E-state index in [0.29, 0.717) is 12.5 Å². The number of ether oxygens (including phenoxy) is 1. The van der Waals surface area contributed by atoms with Crippen LogP contribution in [0.3, 0.4) is 0 Å². The molecule has 0 fully saturated rings. The topological polar surface area (TPSA) is 53.1 Å². The Morgan fingerprint density at radius 1 is 1.29 bits per heavy atom. The van der Waals surface area contributed by atoms with Crippen LogP contribution in [0.5, 0.6) is 5.75 Å². The molecule has 0 bridgehead atoms. The van der Waals surface area contributed by atoms with Gasteiger partial charge in [0.15, 0.2) is 0 Å². The van der Waals surface area contributed by atoms with Crippen molar-refractivity contribution in [1.82, 2.24) is 9.78 Å². The van der Waals surface area contributed by atoms with Crippen LogP contribution < -0.4 is 10.5 Å². The second-order valence-electron chi connectivity index (χ2n) is 5.43. The predicted molar refractivity (Wildman–Crippen MR) is 85.5 cm³/mol. The van der Waals surface area contributed by atoms with Gasteiger partial charge in [-0.15, -0.1) is 0 Å². The zero-order valence-electron chi connectivity index (χ0n) is 13.2. The normalized spacial score (nSPS) is 12.4. The lowest BCUT2D eigenvalue weighted by atomic mass is 9.94. The van der Waals surface area contributed by atoms with Gasteiger partial charge < -0.3 is 10.5 Å². The molecule has 2 aromatic rings. The Labute approximate surface area is 126 Å². The van der Waals surface area contributed by atoms with E-state index < -0.39 is 0 Å². The first-order valence-corrected chi connectivity index (χ1v) is 7.51. The molecular formula is C17H25N3O. The molecule has 0 spiro atoms. The molecule has 4 heteroatoms. The number of nitrogens with two attached hydrogens (primary N) is 1. The number of methoxy groups -OCH3 is 1. The summed E-state index contributed by atoms with van der Waals surface area (Å²) in [5.41, 5.74) is 9.58. The van der Waals surface area contributed by atoms with Crippen LogP contribution in [0.1, 0.15) is 23.9 Å². The van der Waals surface area contributed by atoms with Crippen molar-refractivity contribution in [3.63, 3.8) is 0 Å². The van der Waals surface area contributed by atoms with Crippen LogP contribution in [-0.2, 0) is 26.3 Å². The van der Waals surface area contributed by atoms with Gasteiger partial charge >= 0.3 is 0 Å². The maximum Gasteiger partial charge on any atom is 0.122 e. The van der Waals surface area contributed by atoms with Crippen molar-refractivity contribution in [3.8, 4) is 5.75 Å². The molecule has 1 heterocycles. The summed E-state index contributed by atoms with van der Waals surface area (Å²) in [6, 6.07) is 10.3. The first kappa shape index (κ1) is 15.6. The average Bonchev–Trinajstić information content (AvgIpc) is 2.87. The number of nitrogens with zero attached hydrogens (tertiary/aromatic N) is 2. The fraction of sp³-hybridized carbons (Fsp3) is 0.471. The molecule has 21 heavy (non-hydrogen) atoms. The van der Waals surface area contributed by atoms with E-state index in [1.807, 2.05) is 29.9 Å². The van der Waals surface area contributed by atoms with Gasteiger partial charge in [0, 0.05) is 12.7 Å². The maximum absolute atomic E-state index is 5.98. The molecule has 0 saturated carbocycles. The van der Waals surface area contributed by atoms with Crippen molar-refractivity contribution in [2.45, 2.75) is 26.2 Å². The zero-order valence-corrected chi connectivity index (χ0v) is 13.2. The number of aromatic nitrogens is 2. The highest BCUT2D eigenvalue weighted by Gasteiger charge is 2.14. The first-order valence-electron chi connectivity index (χ1n) is 7.51. The van der Waals surface area contributed by atoms with Crippen LogP contribution in [0.15, 0.2) is 30.3 Å². The van der Waals surface area contributed by atoms with Crippen molar-refractivity contribution in [2.75, 3.05) is 13.7 Å². The van der Waals surface area contributed by atoms with E-state index in [-0.39, 0.29) is 0 Å². The molecule has 0 aliphatic heterocycles. The number of hydrogen-bond donors (Lipinski definition) is 1. The molecule has 114 valence electrons. The lowest BCUT2D eigenvalue weighted by molar-refractivity contribution is 0.403. The number of benzene rings is 1. The SMILES string of the molecule is CCc1cc(CC(CN)Cc2ccccc2OC)n(C)n1. The number of hydrogen-bond acceptors (Lipinski definition) is 3. The molecular weight excluding hydrogens is 262 g/mol. The molecule has 0 aliphatic rings. The van der Waals surface area contributed by atoms with Gasteiger partial charge in [-0.3, -0.25) is 4.68 Å². The van der Waals surface area contributed by atoms with E-state index in [9.17, 15) is 0 Å². The molecule has 1 atom stereocenters. The van der Waals surface area contributed by atoms with Crippen LogP contribution in [0.2, 0.25) is 0 Å². The largest absolute Gasteiger partial charge is 0.496 e. The summed E-state index contributed by atoms with van der Waals surface area (Å²) < 4.78 is 7.40. The van der Waals surface area contributed by atoms with Crippen molar-refractivity contribution in [1.29, 1.82) is 0 Å². The minimum Gasteiger partial charge on any atom is -0.496 e. The van der Waals surface area contributed by atoms with Crippen LogP contribution in [0.25, 0.3) is 0 Å². The molecule has 1 aromatic carbocycles.